The molecule has 1 radical (unpaired) electrons. The Morgan fingerprint density at radius 2 is 0.699 bits per heavy atom. The molecule has 0 aliphatic carbocycles. The fraction of sp³-hybridized carbons (Fsp3) is 0.143. The van der Waals surface area contributed by atoms with E-state index in [0.29, 0.717) is 11.8 Å². The average molecular weight is 1570 g/mol. The smallest absolute Gasteiger partial charge is 0.340 e. The maximum atomic E-state index is 5.45. The molecule has 14 rings (SSSR count). The van der Waals surface area contributed by atoms with Crippen LogP contribution < -0.4 is 4.90 Å². The van der Waals surface area contributed by atoms with Crippen molar-refractivity contribution in [3.63, 3.8) is 0 Å². The number of aromatic nitrogens is 6. The van der Waals surface area contributed by atoms with Gasteiger partial charge in [0.25, 0.3) is 0 Å². The third-order valence-electron chi connectivity index (χ3n) is 16.9. The molecule has 0 aliphatic rings. The molecule has 0 aliphatic heterocycles. The van der Waals surface area contributed by atoms with E-state index in [9.17, 15) is 0 Å². The van der Waals surface area contributed by atoms with Crippen LogP contribution >= 0.6 is 0 Å². The summed E-state index contributed by atoms with van der Waals surface area (Å²) >= 11 is 0. The fourth-order valence-corrected chi connectivity index (χ4v) is 12.3. The molecule has 9 heteroatoms. The third kappa shape index (κ3) is 13.6. The second kappa shape index (κ2) is 29.0. The number of pyridine rings is 2. The van der Waals surface area contributed by atoms with Gasteiger partial charge in [0.1, 0.15) is 11.6 Å². The first-order valence-corrected chi connectivity index (χ1v) is 31.5. The predicted molar refractivity (Wildman–Crippen MR) is 377 cm³/mol. The molecule has 4 heterocycles. The Kier molecular flexibility index (Phi) is 20.3. The van der Waals surface area contributed by atoms with Gasteiger partial charge in [-0.2, -0.15) is 0 Å². The number of hydrogen-bond acceptors (Lipinski definition) is 5. The van der Waals surface area contributed by atoms with Gasteiger partial charge in [0.2, 0.25) is 0 Å². The van der Waals surface area contributed by atoms with Crippen LogP contribution in [0.5, 0.6) is 0 Å². The van der Waals surface area contributed by atoms with Gasteiger partial charge in [-0.05, 0) is 150 Å². The van der Waals surface area contributed by atoms with Gasteiger partial charge in [-0.3, -0.25) is 24.8 Å². The Balaban J connectivity index is 0.000000240. The van der Waals surface area contributed by atoms with E-state index in [-0.39, 0.29) is 53.0 Å². The van der Waals surface area contributed by atoms with Crippen LogP contribution in [-0.2, 0) is 41.2 Å². The van der Waals surface area contributed by atoms with E-state index in [0.717, 1.165) is 89.7 Å². The molecule has 0 unspecified atom stereocenters. The minimum absolute atomic E-state index is 0. The summed E-state index contributed by atoms with van der Waals surface area (Å²) in [5.74, 6) is 4.64. The van der Waals surface area contributed by atoms with E-state index in [1.165, 1.54) is 50.3 Å². The van der Waals surface area contributed by atoms with Crippen molar-refractivity contribution >= 4 is 38.9 Å². The zero-order valence-corrected chi connectivity index (χ0v) is 58.1. The van der Waals surface area contributed by atoms with E-state index >= 15 is 0 Å². The van der Waals surface area contributed by atoms with Gasteiger partial charge in [-0.25, -0.2) is 0 Å². The molecule has 93 heavy (non-hydrogen) atoms. The molecule has 0 bridgehead atoms. The maximum absolute atomic E-state index is 5.45. The van der Waals surface area contributed by atoms with E-state index in [4.69, 9.17) is 15.0 Å². The SMILES string of the molecule is CC(C)c1cc(-c2ccc(N(c3cc4ccccc4c(-c4[c-]cccc4)n3)c3cc4ccccc4c(-c4[c-]cccc4)n3)cc2)cc(C(C)C)c1-n1ccnc1-c1[c-]cccc1.CC(C)c1cc(-c2ccccc2)cc(C(C)C)c1-n1ccnc1-c1[c-]cccc1.[Ir].[Pt+2]. The largest absolute Gasteiger partial charge is 2.00 e. The summed E-state index contributed by atoms with van der Waals surface area (Å²) in [5, 5.41) is 4.29. The van der Waals surface area contributed by atoms with E-state index in [1.807, 2.05) is 85.2 Å². The van der Waals surface area contributed by atoms with Gasteiger partial charge in [-0.1, -0.05) is 146 Å². The number of benzene rings is 10. The molecular weight excluding hydrogens is 1490 g/mol. The summed E-state index contributed by atoms with van der Waals surface area (Å²) in [6.45, 7) is 18.2. The van der Waals surface area contributed by atoms with Crippen LogP contribution in [0.4, 0.5) is 17.3 Å². The molecule has 0 fully saturated rings. The minimum Gasteiger partial charge on any atom is -0.340 e. The predicted octanol–water partition coefficient (Wildman–Crippen LogP) is 22.0. The molecule has 463 valence electrons. The van der Waals surface area contributed by atoms with Crippen molar-refractivity contribution in [3.8, 4) is 78.9 Å². The van der Waals surface area contributed by atoms with Crippen LogP contribution in [0, 0.1) is 24.3 Å². The van der Waals surface area contributed by atoms with Gasteiger partial charge < -0.3 is 9.13 Å². The number of nitrogens with zero attached hydrogens (tertiary/aromatic N) is 7. The molecular formula is C84H71IrN7Pt-2. The second-order valence-corrected chi connectivity index (χ2v) is 24.3. The summed E-state index contributed by atoms with van der Waals surface area (Å²) in [5.41, 5.74) is 19.0. The summed E-state index contributed by atoms with van der Waals surface area (Å²) in [6, 6.07) is 95.9. The normalized spacial score (nSPS) is 11.2. The number of imidazole rings is 2. The Hall–Kier alpha value is -9.42. The molecule has 0 saturated heterocycles. The standard InChI is InChI=1S/C57H44N5.C27H27N2.Ir.Pt/c1-38(2)50-34-46(35-51(39(3)4)56(50)61-33-32-58-57(61)43-22-12-7-13-23-43)40-28-30-47(31-29-40)62(52-36-44-24-14-16-26-48(44)54(59-52)41-18-8-5-9-19-41)53-37-45-25-15-17-27-49(45)55(60-53)42-20-10-6-11-21-42;1-19(2)24-17-23(21-11-7-5-8-12-21)18-25(20(3)4)26(24)29-16-15-28-27(29)22-13-9-6-10-14-22;;/h5-18,20,22,24-39H,1-4H3;5-13,15-20H,1-4H3;;/q-3;-1;;+2. The Labute approximate surface area is 575 Å². The minimum atomic E-state index is 0. The van der Waals surface area contributed by atoms with Crippen molar-refractivity contribution in [2.45, 2.75) is 79.1 Å². The van der Waals surface area contributed by atoms with Crippen molar-refractivity contribution in [2.75, 3.05) is 4.90 Å². The van der Waals surface area contributed by atoms with Crippen LogP contribution in [0.25, 0.3) is 100 Å². The Bertz CT molecular complexity index is 4630. The van der Waals surface area contributed by atoms with E-state index in [1.54, 1.807) is 0 Å². The molecule has 0 saturated carbocycles. The monoisotopic (exact) mass is 1570 g/mol. The van der Waals surface area contributed by atoms with Crippen LogP contribution in [0.15, 0.2) is 261 Å². The molecule has 4 aromatic heterocycles. The average Bonchev–Trinajstić information content (AvgIpc) is 1.72. The molecule has 0 atom stereocenters. The molecule has 14 aromatic rings. The van der Waals surface area contributed by atoms with Crippen molar-refractivity contribution in [1.82, 2.24) is 29.1 Å². The third-order valence-corrected chi connectivity index (χ3v) is 16.9. The van der Waals surface area contributed by atoms with Crippen LogP contribution in [0.2, 0.25) is 0 Å². The van der Waals surface area contributed by atoms with E-state index in [2.05, 4.69) is 275 Å². The first-order chi connectivity index (χ1) is 44.5. The fourth-order valence-electron chi connectivity index (χ4n) is 12.3. The van der Waals surface area contributed by atoms with Crippen LogP contribution in [0.1, 0.15) is 101 Å². The van der Waals surface area contributed by atoms with Crippen molar-refractivity contribution in [3.05, 3.63) is 308 Å². The van der Waals surface area contributed by atoms with Crippen molar-refractivity contribution in [2.24, 2.45) is 0 Å². The van der Waals surface area contributed by atoms with Gasteiger partial charge in [0, 0.05) is 62.0 Å². The molecule has 0 spiro atoms. The summed E-state index contributed by atoms with van der Waals surface area (Å²) in [7, 11) is 0. The maximum Gasteiger partial charge on any atom is 2.00 e. The number of anilines is 3. The van der Waals surface area contributed by atoms with Crippen LogP contribution in [0.3, 0.4) is 0 Å². The van der Waals surface area contributed by atoms with Crippen LogP contribution in [-0.4, -0.2) is 29.1 Å². The van der Waals surface area contributed by atoms with Crippen molar-refractivity contribution < 1.29 is 41.2 Å². The number of rotatable bonds is 15. The zero-order valence-electron chi connectivity index (χ0n) is 53.4. The number of hydrogen-bond donors (Lipinski definition) is 0. The Morgan fingerprint density at radius 1 is 0.355 bits per heavy atom. The van der Waals surface area contributed by atoms with Gasteiger partial charge >= 0.3 is 21.1 Å². The topological polar surface area (TPSA) is 64.7 Å². The zero-order chi connectivity index (χ0) is 62.5. The quantitative estimate of drug-likeness (QED) is 0.0957. The summed E-state index contributed by atoms with van der Waals surface area (Å²) in [6.07, 6.45) is 7.93. The van der Waals surface area contributed by atoms with Gasteiger partial charge in [0.05, 0.1) is 11.6 Å². The first kappa shape index (κ1) is 65.1. The number of fused-ring (bicyclic) bond motifs is 2. The molecule has 10 aromatic carbocycles. The van der Waals surface area contributed by atoms with E-state index < -0.39 is 0 Å². The second-order valence-electron chi connectivity index (χ2n) is 24.3. The molecule has 0 amide bonds. The molecule has 7 nitrogen and oxygen atoms in total. The Morgan fingerprint density at radius 3 is 1.06 bits per heavy atom. The summed E-state index contributed by atoms with van der Waals surface area (Å²) in [4.78, 5) is 22.6. The van der Waals surface area contributed by atoms with Gasteiger partial charge in [0.15, 0.2) is 0 Å². The summed E-state index contributed by atoms with van der Waals surface area (Å²) < 4.78 is 4.49. The molecule has 0 N–H and O–H groups in total. The van der Waals surface area contributed by atoms with Crippen molar-refractivity contribution in [1.29, 1.82) is 0 Å². The van der Waals surface area contributed by atoms with Gasteiger partial charge in [-0.15, -0.1) is 144 Å². The first-order valence-electron chi connectivity index (χ1n) is 31.5.